The van der Waals surface area contributed by atoms with Crippen LogP contribution in [-0.2, 0) is 80.3 Å². The summed E-state index contributed by atoms with van der Waals surface area (Å²) in [5.74, 6) is -3.40. The highest BCUT2D eigenvalue weighted by atomic mass is 35.5. The second-order valence-corrected chi connectivity index (χ2v) is 41.3. The fraction of sp³-hybridized carbons (Fsp3) is 0.163. The molecule has 0 amide bonds. The van der Waals surface area contributed by atoms with Crippen LogP contribution in [0, 0.1) is 25.5 Å². The van der Waals surface area contributed by atoms with E-state index in [-0.39, 0.29) is 135 Å². The minimum absolute atomic E-state index is 0.00166. The van der Waals surface area contributed by atoms with E-state index in [2.05, 4.69) is 28.6 Å². The Bertz CT molecular complexity index is 6230. The number of rotatable bonds is 30. The van der Waals surface area contributed by atoms with E-state index in [0.717, 1.165) is 106 Å². The summed E-state index contributed by atoms with van der Waals surface area (Å²) in [4.78, 5) is 117. The van der Waals surface area contributed by atoms with Gasteiger partial charge in [-0.3, -0.25) is 71.6 Å². The Morgan fingerprint density at radius 3 is 1.06 bits per heavy atom. The molecule has 26 nitrogen and oxygen atoms in total. The van der Waals surface area contributed by atoms with Gasteiger partial charge in [-0.15, -0.1) is 11.3 Å². The number of hydrogen-bond acceptors (Lipinski definition) is 27. The average molecular weight is 1960 g/mol. The minimum Gasteiger partial charge on any atom is -0.293 e. The summed E-state index contributed by atoms with van der Waals surface area (Å²) in [6.45, 7) is 10.5. The van der Waals surface area contributed by atoms with Crippen molar-refractivity contribution in [1.82, 2.24) is 4.98 Å². The number of Topliss-reactive ketones (excluding diaryl/α,β-unsaturated/α-hetero) is 5. The van der Waals surface area contributed by atoms with Crippen molar-refractivity contribution in [3.05, 3.63) is 278 Å². The van der Waals surface area contributed by atoms with Gasteiger partial charge in [0.05, 0.1) is 59.1 Å². The summed E-state index contributed by atoms with van der Waals surface area (Å²) in [6, 6.07) is 43.6. The number of benzene rings is 9. The number of halogens is 7. The second kappa shape index (κ2) is 46.8. The van der Waals surface area contributed by atoms with Gasteiger partial charge in [-0.05, 0) is 177 Å². The molecule has 9 aromatic carbocycles. The molecule has 1 aromatic heterocycles. The predicted molar refractivity (Wildman–Crippen MR) is 476 cm³/mol. The van der Waals surface area contributed by atoms with Crippen LogP contribution in [0.4, 0.5) is 50.4 Å². The second-order valence-electron chi connectivity index (χ2n) is 25.2. The maximum absolute atomic E-state index is 13.6. The zero-order chi connectivity index (χ0) is 92.2. The number of nitrogens with one attached hydrogen (secondary N) is 5. The number of hydrogen-bond donors (Lipinski definition) is 5. The number of ketones is 5. The summed E-state index contributed by atoms with van der Waals surface area (Å²) in [5, 5.41) is 1.11. The van der Waals surface area contributed by atoms with Gasteiger partial charge >= 0.3 is 6.18 Å². The molecule has 0 radical (unpaired) electrons. The molecular formula is C80H71Cl2F5N6O20S11. The minimum atomic E-state index is -4.57. The summed E-state index contributed by atoms with van der Waals surface area (Å²) in [5.41, 5.74) is 3.40. The van der Waals surface area contributed by atoms with Gasteiger partial charge in [0, 0.05) is 109 Å². The Balaban J connectivity index is 0.000000240. The van der Waals surface area contributed by atoms with Crippen LogP contribution >= 0.6 is 93.3 Å². The Hall–Kier alpha value is -9.96. The Morgan fingerprint density at radius 2 is 0.710 bits per heavy atom. The van der Waals surface area contributed by atoms with Gasteiger partial charge in [-0.25, -0.2) is 47.4 Å². The van der Waals surface area contributed by atoms with E-state index in [9.17, 15) is 112 Å². The van der Waals surface area contributed by atoms with Crippen LogP contribution in [0.5, 0.6) is 0 Å². The lowest BCUT2D eigenvalue weighted by molar-refractivity contribution is -0.137. The monoisotopic (exact) mass is 1950 g/mol. The molecule has 0 saturated heterocycles. The third-order valence-electron chi connectivity index (χ3n) is 15.3. The number of nitrogens with zero attached hydrogens (tertiary/aromatic N) is 1. The van der Waals surface area contributed by atoms with Gasteiger partial charge in [-0.2, -0.15) is 21.6 Å². The van der Waals surface area contributed by atoms with Gasteiger partial charge in [0.2, 0.25) is 4.34 Å². The van der Waals surface area contributed by atoms with Crippen molar-refractivity contribution in [3.63, 3.8) is 0 Å². The fourth-order valence-electron chi connectivity index (χ4n) is 9.61. The molecule has 0 aliphatic heterocycles. The van der Waals surface area contributed by atoms with E-state index in [1.807, 2.05) is 19.9 Å². The molecule has 10 rings (SSSR count). The van der Waals surface area contributed by atoms with Crippen LogP contribution in [0.25, 0.3) is 0 Å². The molecule has 10 aromatic rings. The quantitative estimate of drug-likeness (QED) is 0.0206. The molecule has 0 unspecified atom stereocenters. The van der Waals surface area contributed by atoms with Crippen molar-refractivity contribution in [2.24, 2.45) is 0 Å². The molecule has 0 aliphatic rings. The Kier molecular flexibility index (Phi) is 38.9. The summed E-state index contributed by atoms with van der Waals surface area (Å²) in [7, 11) is -19.7. The lowest BCUT2D eigenvalue weighted by Crippen LogP contribution is -2.15. The average Bonchev–Trinajstić information content (AvgIpc) is 0.982. The van der Waals surface area contributed by atoms with Gasteiger partial charge in [0.25, 0.3) is 50.1 Å². The molecule has 0 aliphatic carbocycles. The molecule has 0 bridgehead atoms. The molecule has 124 heavy (non-hydrogen) atoms. The molecule has 0 spiro atoms. The molecule has 44 heteroatoms. The summed E-state index contributed by atoms with van der Waals surface area (Å²) < 4.78 is 199. The first kappa shape index (κ1) is 103. The Morgan fingerprint density at radius 1 is 0.363 bits per heavy atom. The molecule has 0 saturated carbocycles. The van der Waals surface area contributed by atoms with Crippen LogP contribution in [0.3, 0.4) is 0 Å². The van der Waals surface area contributed by atoms with E-state index in [1.54, 1.807) is 47.8 Å². The molecule has 1 heterocycles. The van der Waals surface area contributed by atoms with Crippen LogP contribution in [-0.4, -0.2) is 130 Å². The first-order valence-electron chi connectivity index (χ1n) is 34.9. The maximum Gasteiger partial charge on any atom is 0.416 e. The summed E-state index contributed by atoms with van der Waals surface area (Å²) in [6.07, 6.45) is -3.16. The third kappa shape index (κ3) is 34.2. The van der Waals surface area contributed by atoms with Crippen molar-refractivity contribution in [2.45, 2.75) is 78.6 Å². The highest BCUT2D eigenvalue weighted by molar-refractivity contribution is 8.15. The van der Waals surface area contributed by atoms with Crippen LogP contribution in [0.1, 0.15) is 103 Å². The number of carbonyl (C=O) groups excluding carboxylic acids is 10. The molecular weight excluding hydrogens is 1880 g/mol. The van der Waals surface area contributed by atoms with Crippen molar-refractivity contribution in [3.8, 4) is 0 Å². The van der Waals surface area contributed by atoms with Gasteiger partial charge in [0.15, 0.2) is 54.5 Å². The van der Waals surface area contributed by atoms with E-state index in [4.69, 9.17) is 23.2 Å². The normalized spacial score (nSPS) is 11.3. The topological polar surface area (TPSA) is 414 Å². The third-order valence-corrected chi connectivity index (χ3v) is 28.2. The van der Waals surface area contributed by atoms with Crippen molar-refractivity contribution in [2.75, 3.05) is 52.4 Å². The highest BCUT2D eigenvalue weighted by Crippen LogP contribution is 2.32. The zero-order valence-corrected chi connectivity index (χ0v) is 76.0. The number of sulfonamides is 5. The first-order chi connectivity index (χ1) is 57.9. The number of carbonyl (C=O) groups is 10. The fourth-order valence-corrected chi connectivity index (χ4v) is 18.9. The number of alkyl halides is 3. The van der Waals surface area contributed by atoms with Gasteiger partial charge in [0.1, 0.15) is 16.5 Å². The predicted octanol–water partition coefficient (Wildman–Crippen LogP) is 17.4. The molecule has 5 N–H and O–H groups in total. The number of thioether (sulfide) groups is 5. The SMILES string of the molecule is CC(=O)SCC(=O)c1ccc(NS(=O)(=O)c2ccc(F)cc2F)cc1.CC(=O)SCC(=O)c1ccc(NS(=O)(=O)c2nccs2)cc1.CC(=O)SCC(=O)c1cccc(NS(=O)(=O)c2cc(C)cc(C)c2)c1.CC(=O)SCC(=O)c1cccc(NS(=O)(=O)c2ccc(C(F)(F)F)cc2)c1.CC(=O)SCC(=O)c1cccc(NS(=O)(=O)c2ccc(Cl)c(Cl)c2)c1. The van der Waals surface area contributed by atoms with Crippen LogP contribution in [0.2, 0.25) is 10.0 Å². The van der Waals surface area contributed by atoms with E-state index in [0.29, 0.717) is 51.8 Å². The molecule has 0 atom stereocenters. The van der Waals surface area contributed by atoms with Crippen LogP contribution in [0.15, 0.2) is 236 Å². The van der Waals surface area contributed by atoms with E-state index in [1.165, 1.54) is 150 Å². The van der Waals surface area contributed by atoms with E-state index >= 15 is 0 Å². The smallest absolute Gasteiger partial charge is 0.293 e. The Labute approximate surface area is 745 Å². The summed E-state index contributed by atoms with van der Waals surface area (Å²) >= 11 is 17.1. The number of aromatic nitrogens is 1. The number of thiazole rings is 1. The standard InChI is InChI=1S/C18H19NO4S2.C17H14F3NO4S2.C16H13Cl2NO4S2.C16H13F2NO4S2.C13H12N2O4S3/c1-12-7-13(2)9-17(8-12)25(22,23)19-16-6-4-5-15(10-16)18(21)11-24-14(3)20;1-11(22)26-10-16(23)12-3-2-4-14(9-12)21-27(24,25)15-7-5-13(6-8-15)17(18,19)20;1-10(20)24-9-16(21)11-3-2-4-12(7-11)19-25(22,23)13-5-6-14(17)15(18)8-13;1-10(20)24-9-15(21)11-2-5-13(6-3-11)19-25(22,23)16-7-4-12(17)8-14(16)18;1-9(16)21-8-12(17)10-2-4-11(5-3-10)15-22(18,19)13-14-6-7-20-13/h4-10,19H,11H2,1-3H3;2-9,21H,10H2,1H3;2*2-8,19H,9H2,1H3;2-7,15H,8H2,1H3. The van der Waals surface area contributed by atoms with Crippen LogP contribution < -0.4 is 23.6 Å². The zero-order valence-electron chi connectivity index (χ0n) is 65.5. The number of anilines is 5. The lowest BCUT2D eigenvalue weighted by Gasteiger charge is -2.11. The lowest BCUT2D eigenvalue weighted by atomic mass is 10.1. The van der Waals surface area contributed by atoms with Gasteiger partial charge < -0.3 is 0 Å². The first-order valence-corrected chi connectivity index (χ1v) is 48.9. The molecule has 656 valence electrons. The largest absolute Gasteiger partial charge is 0.416 e. The molecule has 0 fully saturated rings. The number of aryl methyl sites for hydroxylation is 2. The van der Waals surface area contributed by atoms with E-state index < -0.39 is 78.4 Å². The van der Waals surface area contributed by atoms with Crippen molar-refractivity contribution >= 4 is 226 Å². The van der Waals surface area contributed by atoms with Crippen molar-refractivity contribution < 1.29 is 112 Å². The van der Waals surface area contributed by atoms with Gasteiger partial charge in [-0.1, -0.05) is 124 Å². The van der Waals surface area contributed by atoms with Crippen molar-refractivity contribution in [1.29, 1.82) is 0 Å². The highest BCUT2D eigenvalue weighted by Gasteiger charge is 2.31. The maximum atomic E-state index is 13.6.